The number of benzene rings is 1. The highest BCUT2D eigenvalue weighted by molar-refractivity contribution is 5.83. The Kier molecular flexibility index (Phi) is 4.30. The molecule has 2 aromatic rings. The van der Waals surface area contributed by atoms with E-state index < -0.39 is 0 Å². The maximum atomic E-state index is 13.4. The van der Waals surface area contributed by atoms with E-state index in [9.17, 15) is 4.79 Å². The monoisotopic (exact) mass is 374 g/mol. The molecule has 146 valence electrons. The van der Waals surface area contributed by atoms with Crippen LogP contribution >= 0.6 is 0 Å². The third-order valence-corrected chi connectivity index (χ3v) is 7.60. The molecule has 1 aromatic carbocycles. The summed E-state index contributed by atoms with van der Waals surface area (Å²) in [6.07, 6.45) is 9.71. The van der Waals surface area contributed by atoms with Crippen LogP contribution in [-0.2, 0) is 16.6 Å². The van der Waals surface area contributed by atoms with Gasteiger partial charge in [-0.25, -0.2) is 0 Å². The third-order valence-electron chi connectivity index (χ3n) is 7.60. The maximum Gasteiger partial charge on any atom is 0.226 e. The van der Waals surface area contributed by atoms with Crippen LogP contribution < -0.4 is 5.32 Å². The van der Waals surface area contributed by atoms with E-state index in [0.29, 0.717) is 24.3 Å². The predicted octanol–water partition coefficient (Wildman–Crippen LogP) is 4.59. The van der Waals surface area contributed by atoms with Gasteiger partial charge in [0.05, 0.1) is 5.41 Å². The van der Waals surface area contributed by atoms with Crippen LogP contribution in [0.15, 0.2) is 48.7 Å². The second-order valence-corrected chi connectivity index (χ2v) is 9.71. The van der Waals surface area contributed by atoms with Gasteiger partial charge in [0.15, 0.2) is 0 Å². The lowest BCUT2D eigenvalue weighted by molar-refractivity contribution is -0.149. The van der Waals surface area contributed by atoms with Crippen LogP contribution in [0, 0.1) is 24.2 Å². The van der Waals surface area contributed by atoms with E-state index in [1.807, 2.05) is 24.4 Å². The smallest absolute Gasteiger partial charge is 0.226 e. The van der Waals surface area contributed by atoms with Crippen LogP contribution in [-0.4, -0.2) is 17.4 Å². The molecule has 28 heavy (non-hydrogen) atoms. The fourth-order valence-electron chi connectivity index (χ4n) is 6.81. The summed E-state index contributed by atoms with van der Waals surface area (Å²) >= 11 is 0. The first-order valence-electron chi connectivity index (χ1n) is 10.8. The Morgan fingerprint density at radius 3 is 2.50 bits per heavy atom. The number of carbonyl (C=O) groups is 1. The highest BCUT2D eigenvalue weighted by Gasteiger charge is 2.60. The van der Waals surface area contributed by atoms with Gasteiger partial charge in [0.2, 0.25) is 5.91 Å². The molecule has 1 heterocycles. The highest BCUT2D eigenvalue weighted by atomic mass is 16.2. The van der Waals surface area contributed by atoms with Gasteiger partial charge in [-0.05, 0) is 80.4 Å². The average molecular weight is 375 g/mol. The van der Waals surface area contributed by atoms with E-state index in [1.54, 1.807) is 0 Å². The molecular formula is C25H30N2O. The molecule has 0 saturated heterocycles. The Balaban J connectivity index is 1.34. The van der Waals surface area contributed by atoms with Gasteiger partial charge in [0.25, 0.3) is 0 Å². The summed E-state index contributed by atoms with van der Waals surface area (Å²) < 4.78 is 0. The third kappa shape index (κ3) is 3.05. The molecule has 1 amide bonds. The van der Waals surface area contributed by atoms with Crippen molar-refractivity contribution in [3.05, 3.63) is 65.5 Å². The number of nitrogens with zero attached hydrogens (tertiary/aromatic N) is 1. The molecule has 4 aliphatic rings. The lowest BCUT2D eigenvalue weighted by Gasteiger charge is -2.61. The van der Waals surface area contributed by atoms with E-state index in [4.69, 9.17) is 0 Å². The number of hydrogen-bond donors (Lipinski definition) is 1. The van der Waals surface area contributed by atoms with Gasteiger partial charge in [0, 0.05) is 24.9 Å². The number of aromatic nitrogens is 1. The molecule has 3 heteroatoms. The van der Waals surface area contributed by atoms with Crippen molar-refractivity contribution in [2.24, 2.45) is 17.3 Å². The Bertz CT molecular complexity index is 844. The molecule has 4 bridgehead atoms. The van der Waals surface area contributed by atoms with E-state index in [-0.39, 0.29) is 10.8 Å². The van der Waals surface area contributed by atoms with Gasteiger partial charge in [-0.2, -0.15) is 0 Å². The van der Waals surface area contributed by atoms with Crippen molar-refractivity contribution in [3.8, 4) is 0 Å². The molecule has 0 spiro atoms. The normalized spacial score (nSPS) is 33.0. The lowest BCUT2D eigenvalue weighted by atomic mass is 9.42. The molecule has 4 fully saturated rings. The zero-order valence-corrected chi connectivity index (χ0v) is 16.8. The highest BCUT2D eigenvalue weighted by Crippen LogP contribution is 2.65. The van der Waals surface area contributed by atoms with E-state index in [0.717, 1.165) is 31.4 Å². The lowest BCUT2D eigenvalue weighted by Crippen LogP contribution is -2.59. The van der Waals surface area contributed by atoms with Crippen molar-refractivity contribution in [1.82, 2.24) is 10.3 Å². The second kappa shape index (κ2) is 6.72. The summed E-state index contributed by atoms with van der Waals surface area (Å²) in [6.45, 7) is 2.84. The summed E-state index contributed by atoms with van der Waals surface area (Å²) in [7, 11) is 0. The number of rotatable bonds is 5. The van der Waals surface area contributed by atoms with Gasteiger partial charge >= 0.3 is 0 Å². The molecule has 3 nitrogen and oxygen atoms in total. The minimum absolute atomic E-state index is 0.154. The molecule has 6 rings (SSSR count). The van der Waals surface area contributed by atoms with Crippen molar-refractivity contribution in [2.75, 3.05) is 6.54 Å². The standard InChI is InChI=1S/C25H30N2O/c1-18-5-7-21(8-6-18)24-13-19-12-20(14-24)16-25(15-19,17-24)23(28)27-11-9-22-4-2-3-10-26-22/h2-8,10,19-20H,9,11-17H2,1H3,(H,27,28). The summed E-state index contributed by atoms with van der Waals surface area (Å²) in [5.41, 5.74) is 3.90. The van der Waals surface area contributed by atoms with E-state index in [2.05, 4.69) is 41.5 Å². The zero-order chi connectivity index (χ0) is 19.2. The van der Waals surface area contributed by atoms with Crippen LogP contribution in [0.1, 0.15) is 55.3 Å². The summed E-state index contributed by atoms with van der Waals surface area (Å²) in [4.78, 5) is 17.8. The van der Waals surface area contributed by atoms with Crippen molar-refractivity contribution in [1.29, 1.82) is 0 Å². The van der Waals surface area contributed by atoms with Crippen LogP contribution in [0.3, 0.4) is 0 Å². The fraction of sp³-hybridized carbons (Fsp3) is 0.520. The quantitative estimate of drug-likeness (QED) is 0.832. The Morgan fingerprint density at radius 1 is 1.07 bits per heavy atom. The van der Waals surface area contributed by atoms with Crippen LogP contribution in [0.2, 0.25) is 0 Å². The van der Waals surface area contributed by atoms with Crippen LogP contribution in [0.5, 0.6) is 0 Å². The number of pyridine rings is 1. The fourth-order valence-corrected chi connectivity index (χ4v) is 6.81. The number of hydrogen-bond acceptors (Lipinski definition) is 2. The largest absolute Gasteiger partial charge is 0.355 e. The van der Waals surface area contributed by atoms with Crippen molar-refractivity contribution >= 4 is 5.91 Å². The topological polar surface area (TPSA) is 42.0 Å². The minimum Gasteiger partial charge on any atom is -0.355 e. The number of nitrogens with one attached hydrogen (secondary N) is 1. The Morgan fingerprint density at radius 2 is 1.82 bits per heavy atom. The summed E-state index contributed by atoms with van der Waals surface area (Å²) in [6, 6.07) is 15.1. The molecule has 2 unspecified atom stereocenters. The molecule has 1 aromatic heterocycles. The van der Waals surface area contributed by atoms with Crippen LogP contribution in [0.4, 0.5) is 0 Å². The number of aryl methyl sites for hydroxylation is 1. The predicted molar refractivity (Wildman–Crippen MR) is 111 cm³/mol. The van der Waals surface area contributed by atoms with Gasteiger partial charge < -0.3 is 5.32 Å². The first-order chi connectivity index (χ1) is 13.6. The van der Waals surface area contributed by atoms with Crippen molar-refractivity contribution in [3.63, 3.8) is 0 Å². The Hall–Kier alpha value is -2.16. The van der Waals surface area contributed by atoms with Gasteiger partial charge in [-0.3, -0.25) is 9.78 Å². The first-order valence-corrected chi connectivity index (χ1v) is 10.8. The molecule has 0 radical (unpaired) electrons. The number of carbonyl (C=O) groups excluding carboxylic acids is 1. The van der Waals surface area contributed by atoms with Crippen molar-refractivity contribution < 1.29 is 4.79 Å². The minimum atomic E-state index is -0.154. The average Bonchev–Trinajstić information content (AvgIpc) is 2.68. The summed E-state index contributed by atoms with van der Waals surface area (Å²) in [5, 5.41) is 3.29. The first kappa shape index (κ1) is 17.9. The van der Waals surface area contributed by atoms with Gasteiger partial charge in [-0.15, -0.1) is 0 Å². The van der Waals surface area contributed by atoms with Gasteiger partial charge in [-0.1, -0.05) is 35.9 Å². The van der Waals surface area contributed by atoms with E-state index in [1.165, 1.54) is 30.4 Å². The zero-order valence-electron chi connectivity index (χ0n) is 16.8. The molecule has 4 saturated carbocycles. The molecule has 4 aliphatic carbocycles. The van der Waals surface area contributed by atoms with E-state index >= 15 is 0 Å². The maximum absolute atomic E-state index is 13.4. The molecule has 1 N–H and O–H groups in total. The second-order valence-electron chi connectivity index (χ2n) is 9.71. The molecular weight excluding hydrogens is 344 g/mol. The number of amides is 1. The summed E-state index contributed by atoms with van der Waals surface area (Å²) in [5.74, 6) is 1.72. The molecule has 0 aliphatic heterocycles. The van der Waals surface area contributed by atoms with Gasteiger partial charge in [0.1, 0.15) is 0 Å². The van der Waals surface area contributed by atoms with Crippen LogP contribution in [0.25, 0.3) is 0 Å². The SMILES string of the molecule is Cc1ccc(C23CC4CC(CC(C(=O)NCCc5ccccn5)(C4)C2)C3)cc1. The Labute approximate surface area is 168 Å². The van der Waals surface area contributed by atoms with Crippen molar-refractivity contribution in [2.45, 2.75) is 57.3 Å². The molecule has 2 atom stereocenters.